The Hall–Kier alpha value is -4.31. The van der Waals surface area contributed by atoms with E-state index >= 15 is 0 Å². The number of hydrogen-bond acceptors (Lipinski definition) is 6. The molecule has 11 heteroatoms. The third-order valence-electron chi connectivity index (χ3n) is 7.65. The van der Waals surface area contributed by atoms with Crippen molar-refractivity contribution >= 4 is 29.3 Å². The maximum absolute atomic E-state index is 14.6. The normalized spacial score (nSPS) is 17.5. The van der Waals surface area contributed by atoms with Crippen LogP contribution in [0.25, 0.3) is 11.1 Å². The van der Waals surface area contributed by atoms with Gasteiger partial charge in [0.2, 0.25) is 11.8 Å². The molecule has 9 nitrogen and oxygen atoms in total. The summed E-state index contributed by atoms with van der Waals surface area (Å²) < 4.78 is 31.9. The Balaban J connectivity index is 1.49. The molecule has 2 heterocycles. The van der Waals surface area contributed by atoms with E-state index in [-0.39, 0.29) is 60.9 Å². The highest BCUT2D eigenvalue weighted by Gasteiger charge is 2.27. The van der Waals surface area contributed by atoms with Crippen molar-refractivity contribution in [3.8, 4) is 28.4 Å². The zero-order valence-corrected chi connectivity index (χ0v) is 24.8. The Bertz CT molecular complexity index is 1530. The second kappa shape index (κ2) is 13.3. The van der Waals surface area contributed by atoms with Gasteiger partial charge in [-0.05, 0) is 53.9 Å². The van der Waals surface area contributed by atoms with E-state index in [0.29, 0.717) is 36.7 Å². The van der Waals surface area contributed by atoms with Crippen LogP contribution in [0.4, 0.5) is 4.39 Å². The Morgan fingerprint density at radius 3 is 2.63 bits per heavy atom. The number of halogens is 2. The SMILES string of the molecule is COc1cc2cc(c1OC)-c1ccc3c(c1)C(CCO3)NC(=O)CCN(C(=O)c1c(F)cccc1Cl)CCNC(=O)CC2. The Kier molecular flexibility index (Phi) is 9.35. The summed E-state index contributed by atoms with van der Waals surface area (Å²) in [4.78, 5) is 40.7. The van der Waals surface area contributed by atoms with Gasteiger partial charge in [0, 0.05) is 50.0 Å². The fraction of sp³-hybridized carbons (Fsp3) is 0.344. The molecule has 0 fully saturated rings. The molecule has 4 bridgehead atoms. The van der Waals surface area contributed by atoms with E-state index in [2.05, 4.69) is 10.6 Å². The number of fused-ring (bicyclic) bond motifs is 4. The molecule has 3 aromatic carbocycles. The quantitative estimate of drug-likeness (QED) is 0.446. The molecule has 0 aliphatic carbocycles. The zero-order valence-electron chi connectivity index (χ0n) is 24.0. The molecule has 3 aromatic rings. The molecule has 0 radical (unpaired) electrons. The van der Waals surface area contributed by atoms with Crippen molar-refractivity contribution in [3.05, 3.63) is 76.1 Å². The molecule has 0 spiro atoms. The van der Waals surface area contributed by atoms with Crippen LogP contribution in [0.3, 0.4) is 0 Å². The number of nitrogens with zero attached hydrogens (tertiary/aromatic N) is 1. The van der Waals surface area contributed by atoms with E-state index in [1.54, 1.807) is 14.2 Å². The van der Waals surface area contributed by atoms with Crippen LogP contribution in [0.15, 0.2) is 48.5 Å². The molecule has 3 amide bonds. The fourth-order valence-electron chi connectivity index (χ4n) is 5.45. The first-order chi connectivity index (χ1) is 20.8. The Morgan fingerprint density at radius 2 is 1.86 bits per heavy atom. The van der Waals surface area contributed by atoms with Crippen LogP contribution >= 0.6 is 11.6 Å². The van der Waals surface area contributed by atoms with Crippen LogP contribution in [-0.4, -0.2) is 63.1 Å². The van der Waals surface area contributed by atoms with E-state index in [1.165, 1.54) is 17.0 Å². The lowest BCUT2D eigenvalue weighted by molar-refractivity contribution is -0.123. The molecule has 0 saturated heterocycles. The first-order valence-corrected chi connectivity index (χ1v) is 14.5. The van der Waals surface area contributed by atoms with Crippen molar-refractivity contribution in [3.63, 3.8) is 0 Å². The van der Waals surface area contributed by atoms with Gasteiger partial charge in [0.15, 0.2) is 11.5 Å². The summed E-state index contributed by atoms with van der Waals surface area (Å²) in [6.45, 7) is 0.610. The van der Waals surface area contributed by atoms with Crippen molar-refractivity contribution in [2.24, 2.45) is 0 Å². The van der Waals surface area contributed by atoms with Crippen molar-refractivity contribution in [1.82, 2.24) is 15.5 Å². The van der Waals surface area contributed by atoms with Gasteiger partial charge in [0.1, 0.15) is 11.6 Å². The van der Waals surface area contributed by atoms with E-state index < -0.39 is 11.7 Å². The maximum atomic E-state index is 14.6. The summed E-state index contributed by atoms with van der Waals surface area (Å²) in [5, 5.41) is 5.88. The van der Waals surface area contributed by atoms with Crippen molar-refractivity contribution in [2.45, 2.75) is 31.7 Å². The summed E-state index contributed by atoms with van der Waals surface area (Å²) >= 11 is 6.17. The maximum Gasteiger partial charge on any atom is 0.258 e. The number of carbonyl (C=O) groups is 3. The monoisotopic (exact) mass is 609 g/mol. The summed E-state index contributed by atoms with van der Waals surface area (Å²) in [5.41, 5.74) is 3.04. The average Bonchev–Trinajstić information content (AvgIpc) is 3.00. The van der Waals surface area contributed by atoms with Crippen molar-refractivity contribution in [2.75, 3.05) is 40.5 Å². The van der Waals surface area contributed by atoms with Crippen molar-refractivity contribution in [1.29, 1.82) is 0 Å². The molecule has 0 saturated carbocycles. The predicted octanol–water partition coefficient (Wildman–Crippen LogP) is 4.70. The number of rotatable bonds is 3. The summed E-state index contributed by atoms with van der Waals surface area (Å²) in [6.07, 6.45) is 1.14. The number of ether oxygens (including phenoxy) is 3. The van der Waals surface area contributed by atoms with Crippen LogP contribution in [-0.2, 0) is 16.0 Å². The number of aryl methyl sites for hydroxylation is 1. The minimum absolute atomic E-state index is 0.00285. The fourth-order valence-corrected chi connectivity index (χ4v) is 5.69. The minimum Gasteiger partial charge on any atom is -0.493 e. The highest BCUT2D eigenvalue weighted by molar-refractivity contribution is 6.33. The van der Waals surface area contributed by atoms with Gasteiger partial charge < -0.3 is 29.7 Å². The molecule has 2 aliphatic heterocycles. The first-order valence-electron chi connectivity index (χ1n) is 14.1. The number of amides is 3. The molecule has 0 aromatic heterocycles. The van der Waals surface area contributed by atoms with Crippen LogP contribution in [0.2, 0.25) is 5.02 Å². The number of nitrogens with one attached hydrogen (secondary N) is 2. The Labute approximate surface area is 254 Å². The summed E-state index contributed by atoms with van der Waals surface area (Å²) in [5.74, 6) is -0.161. The smallest absolute Gasteiger partial charge is 0.258 e. The van der Waals surface area contributed by atoms with E-state index in [4.69, 9.17) is 25.8 Å². The first kappa shape index (κ1) is 30.2. The molecule has 226 valence electrons. The van der Waals surface area contributed by atoms with Gasteiger partial charge in [-0.25, -0.2) is 4.39 Å². The van der Waals surface area contributed by atoms with Crippen molar-refractivity contribution < 1.29 is 33.0 Å². The molecule has 43 heavy (non-hydrogen) atoms. The zero-order chi connectivity index (χ0) is 30.5. The third-order valence-corrected chi connectivity index (χ3v) is 7.97. The van der Waals surface area contributed by atoms with Crippen LogP contribution in [0, 0.1) is 5.82 Å². The van der Waals surface area contributed by atoms with Crippen LogP contribution in [0.5, 0.6) is 17.2 Å². The molecular weight excluding hydrogens is 577 g/mol. The molecular formula is C32H33ClFN3O6. The van der Waals surface area contributed by atoms with Gasteiger partial charge in [0.25, 0.3) is 5.91 Å². The average molecular weight is 610 g/mol. The summed E-state index contributed by atoms with van der Waals surface area (Å²) in [6, 6.07) is 13.3. The number of benzene rings is 3. The minimum atomic E-state index is -0.755. The van der Waals surface area contributed by atoms with Gasteiger partial charge in [0.05, 0.1) is 37.5 Å². The second-order valence-electron chi connectivity index (χ2n) is 10.4. The largest absolute Gasteiger partial charge is 0.493 e. The van der Waals surface area contributed by atoms with Gasteiger partial charge >= 0.3 is 0 Å². The topological polar surface area (TPSA) is 106 Å². The lowest BCUT2D eigenvalue weighted by Gasteiger charge is -2.28. The highest BCUT2D eigenvalue weighted by atomic mass is 35.5. The predicted molar refractivity (Wildman–Crippen MR) is 159 cm³/mol. The molecule has 2 aliphatic rings. The second-order valence-corrected chi connectivity index (χ2v) is 10.8. The lowest BCUT2D eigenvalue weighted by Crippen LogP contribution is -2.41. The van der Waals surface area contributed by atoms with Crippen LogP contribution < -0.4 is 24.8 Å². The van der Waals surface area contributed by atoms with E-state index in [9.17, 15) is 18.8 Å². The molecule has 5 rings (SSSR count). The van der Waals surface area contributed by atoms with Gasteiger partial charge in [-0.1, -0.05) is 23.7 Å². The van der Waals surface area contributed by atoms with E-state index in [1.807, 2.05) is 30.3 Å². The number of methoxy groups -OCH3 is 2. The molecule has 1 unspecified atom stereocenters. The van der Waals surface area contributed by atoms with Gasteiger partial charge in [-0.3, -0.25) is 14.4 Å². The van der Waals surface area contributed by atoms with E-state index in [0.717, 1.165) is 28.3 Å². The van der Waals surface area contributed by atoms with Crippen LogP contribution in [0.1, 0.15) is 46.8 Å². The molecule has 1 atom stereocenters. The van der Waals surface area contributed by atoms with Gasteiger partial charge in [-0.2, -0.15) is 0 Å². The Morgan fingerprint density at radius 1 is 1.02 bits per heavy atom. The number of hydrogen-bond donors (Lipinski definition) is 2. The highest BCUT2D eigenvalue weighted by Crippen LogP contribution is 2.42. The lowest BCUT2D eigenvalue weighted by atomic mass is 9.93. The number of carbonyl (C=O) groups excluding carboxylic acids is 3. The standard InChI is InChI=1S/C32H33ClFN3O6/c1-41-27-17-19-6-9-28(38)35-12-14-37(32(40)30-23(33)4-3-5-24(30)34)13-10-29(39)36-25-11-15-43-26-8-7-20(18-22(25)26)21(16-19)31(27)42-2/h3-5,7-8,16-18,25H,6,9-15H2,1-2H3,(H,35,38)(H,36,39). The summed E-state index contributed by atoms with van der Waals surface area (Å²) in [7, 11) is 3.13. The third kappa shape index (κ3) is 6.69. The van der Waals surface area contributed by atoms with Gasteiger partial charge in [-0.15, -0.1) is 0 Å². The molecule has 2 N–H and O–H groups in total.